The molecule has 0 spiro atoms. The van der Waals surface area contributed by atoms with Gasteiger partial charge in [-0.05, 0) is 74.4 Å². The van der Waals surface area contributed by atoms with Crippen molar-refractivity contribution in [3.05, 3.63) is 59.9 Å². The number of hydrogen-bond donors (Lipinski definition) is 1. The number of halogens is 1. The molecule has 8 heteroatoms. The van der Waals surface area contributed by atoms with E-state index < -0.39 is 15.8 Å². The number of amides is 1. The Morgan fingerprint density at radius 3 is 2.34 bits per heavy atom. The van der Waals surface area contributed by atoms with Crippen LogP contribution in [-0.2, 0) is 10.0 Å². The summed E-state index contributed by atoms with van der Waals surface area (Å²) in [4.78, 5) is 14.9. The SMILES string of the molecule is CSC1CC2CCC(C1)N2C(=O)c1ccc(NS(=O)(=O)c2cccc(F)c2)cc1. The highest BCUT2D eigenvalue weighted by Crippen LogP contribution is 2.40. The fraction of sp³-hybridized carbons (Fsp3) is 0.381. The Bertz CT molecular complexity index is 997. The number of carbonyl (C=O) groups is 1. The van der Waals surface area contributed by atoms with Crippen LogP contribution < -0.4 is 4.72 Å². The fourth-order valence-electron chi connectivity index (χ4n) is 4.33. The second-order valence-corrected chi connectivity index (χ2v) is 10.4. The number of rotatable bonds is 5. The van der Waals surface area contributed by atoms with Gasteiger partial charge in [0.25, 0.3) is 15.9 Å². The Kier molecular flexibility index (Phi) is 5.57. The number of fused-ring (bicyclic) bond motifs is 2. The molecule has 29 heavy (non-hydrogen) atoms. The Hall–Kier alpha value is -2.06. The van der Waals surface area contributed by atoms with Gasteiger partial charge in [-0.15, -0.1) is 0 Å². The number of nitrogens with one attached hydrogen (secondary N) is 1. The molecule has 154 valence electrons. The van der Waals surface area contributed by atoms with Crippen LogP contribution in [0.25, 0.3) is 0 Å². The maximum atomic E-state index is 13.3. The average Bonchev–Trinajstić information content (AvgIpc) is 2.97. The molecule has 0 aliphatic carbocycles. The van der Waals surface area contributed by atoms with Gasteiger partial charge in [0.2, 0.25) is 0 Å². The minimum atomic E-state index is -3.89. The molecule has 2 aliphatic heterocycles. The highest BCUT2D eigenvalue weighted by atomic mass is 32.2. The molecule has 1 N–H and O–H groups in total. The van der Waals surface area contributed by atoms with E-state index in [9.17, 15) is 17.6 Å². The van der Waals surface area contributed by atoms with Crippen LogP contribution in [0.15, 0.2) is 53.4 Å². The van der Waals surface area contributed by atoms with Crippen LogP contribution in [0.2, 0.25) is 0 Å². The van der Waals surface area contributed by atoms with Crippen molar-refractivity contribution in [3.8, 4) is 0 Å². The minimum absolute atomic E-state index is 0.0107. The summed E-state index contributed by atoms with van der Waals surface area (Å²) in [5.74, 6) is -0.606. The molecular weight excluding hydrogens is 411 g/mol. The van der Waals surface area contributed by atoms with Crippen LogP contribution in [0.1, 0.15) is 36.0 Å². The lowest BCUT2D eigenvalue weighted by Gasteiger charge is -2.38. The first-order valence-electron chi connectivity index (χ1n) is 9.61. The van der Waals surface area contributed by atoms with Gasteiger partial charge in [-0.3, -0.25) is 9.52 Å². The summed E-state index contributed by atoms with van der Waals surface area (Å²) in [7, 11) is -3.89. The van der Waals surface area contributed by atoms with Crippen molar-refractivity contribution < 1.29 is 17.6 Å². The molecule has 0 radical (unpaired) electrons. The largest absolute Gasteiger partial charge is 0.333 e. The number of carbonyl (C=O) groups excluding carboxylic acids is 1. The van der Waals surface area contributed by atoms with Crippen LogP contribution >= 0.6 is 11.8 Å². The second-order valence-electron chi connectivity index (χ2n) is 7.57. The second kappa shape index (κ2) is 7.99. The van der Waals surface area contributed by atoms with Crippen molar-refractivity contribution in [3.63, 3.8) is 0 Å². The lowest BCUT2D eigenvalue weighted by molar-refractivity contribution is 0.0601. The van der Waals surface area contributed by atoms with Crippen molar-refractivity contribution in [1.29, 1.82) is 0 Å². The van der Waals surface area contributed by atoms with E-state index in [2.05, 4.69) is 11.0 Å². The van der Waals surface area contributed by atoms with Crippen LogP contribution in [0.4, 0.5) is 10.1 Å². The van der Waals surface area contributed by atoms with E-state index in [-0.39, 0.29) is 10.8 Å². The van der Waals surface area contributed by atoms with E-state index in [0.717, 1.165) is 31.7 Å². The molecule has 2 unspecified atom stereocenters. The zero-order valence-corrected chi connectivity index (χ0v) is 17.7. The van der Waals surface area contributed by atoms with E-state index in [4.69, 9.17) is 0 Å². The Morgan fingerprint density at radius 1 is 1.10 bits per heavy atom. The number of benzene rings is 2. The summed E-state index contributed by atoms with van der Waals surface area (Å²) < 4.78 is 40.6. The average molecular weight is 435 g/mol. The van der Waals surface area contributed by atoms with Crippen LogP contribution in [0.3, 0.4) is 0 Å². The van der Waals surface area contributed by atoms with Gasteiger partial charge in [0.05, 0.1) is 4.90 Å². The van der Waals surface area contributed by atoms with Gasteiger partial charge in [-0.1, -0.05) is 6.07 Å². The van der Waals surface area contributed by atoms with Gasteiger partial charge >= 0.3 is 0 Å². The molecule has 1 amide bonds. The van der Waals surface area contributed by atoms with Crippen molar-refractivity contribution in [2.75, 3.05) is 11.0 Å². The molecule has 2 aliphatic rings. The van der Waals surface area contributed by atoms with E-state index in [1.54, 1.807) is 24.3 Å². The van der Waals surface area contributed by atoms with Gasteiger partial charge in [0.15, 0.2) is 0 Å². The number of anilines is 1. The van der Waals surface area contributed by atoms with E-state index in [0.29, 0.717) is 28.6 Å². The van der Waals surface area contributed by atoms with Crippen molar-refractivity contribution in [2.45, 2.75) is 47.9 Å². The number of nitrogens with zero attached hydrogens (tertiary/aromatic N) is 1. The van der Waals surface area contributed by atoms with E-state index in [1.807, 2.05) is 16.7 Å². The predicted octanol–water partition coefficient (Wildman–Crippen LogP) is 4.13. The predicted molar refractivity (Wildman–Crippen MR) is 113 cm³/mol. The smallest absolute Gasteiger partial charge is 0.261 e. The Morgan fingerprint density at radius 2 is 1.76 bits per heavy atom. The Labute approximate surface area is 174 Å². The molecule has 2 fully saturated rings. The summed E-state index contributed by atoms with van der Waals surface area (Å²) >= 11 is 1.88. The number of hydrogen-bond acceptors (Lipinski definition) is 4. The van der Waals surface area contributed by atoms with Crippen LogP contribution in [0.5, 0.6) is 0 Å². The minimum Gasteiger partial charge on any atom is -0.333 e. The molecule has 2 saturated heterocycles. The molecule has 0 saturated carbocycles. The topological polar surface area (TPSA) is 66.5 Å². The molecule has 2 aromatic rings. The summed E-state index contributed by atoms with van der Waals surface area (Å²) in [5, 5.41) is 0.621. The van der Waals surface area contributed by atoms with E-state index in [1.165, 1.54) is 18.2 Å². The third-order valence-corrected chi connectivity index (χ3v) is 8.18. The van der Waals surface area contributed by atoms with Crippen molar-refractivity contribution in [1.82, 2.24) is 4.90 Å². The highest BCUT2D eigenvalue weighted by Gasteiger charge is 2.43. The molecule has 2 heterocycles. The molecule has 2 atom stereocenters. The summed E-state index contributed by atoms with van der Waals surface area (Å²) in [5.41, 5.74) is 0.882. The van der Waals surface area contributed by atoms with Gasteiger partial charge in [0, 0.05) is 28.6 Å². The monoisotopic (exact) mass is 434 g/mol. The summed E-state index contributed by atoms with van der Waals surface area (Å²) in [6.45, 7) is 0. The van der Waals surface area contributed by atoms with Crippen molar-refractivity contribution >= 4 is 33.4 Å². The third kappa shape index (κ3) is 4.14. The quantitative estimate of drug-likeness (QED) is 0.769. The first kappa shape index (κ1) is 20.2. The maximum absolute atomic E-state index is 13.3. The fourth-order valence-corrected chi connectivity index (χ4v) is 6.25. The van der Waals surface area contributed by atoms with Crippen molar-refractivity contribution in [2.24, 2.45) is 0 Å². The highest BCUT2D eigenvalue weighted by molar-refractivity contribution is 7.99. The van der Waals surface area contributed by atoms with Gasteiger partial charge in [-0.25, -0.2) is 12.8 Å². The lowest BCUT2D eigenvalue weighted by Crippen LogP contribution is -2.47. The molecule has 4 rings (SSSR count). The number of sulfonamides is 1. The zero-order chi connectivity index (χ0) is 20.6. The molecular formula is C21H23FN2O3S2. The third-order valence-electron chi connectivity index (χ3n) is 5.75. The summed E-state index contributed by atoms with van der Waals surface area (Å²) in [6.07, 6.45) is 6.31. The standard InChI is InChI=1S/C21H23FN2O3S2/c1-28-19-12-17-9-10-18(13-19)24(17)21(25)14-5-7-16(8-6-14)23-29(26,27)20-4-2-3-15(22)11-20/h2-8,11,17-19,23H,9-10,12-13H2,1H3. The molecule has 2 aromatic carbocycles. The molecule has 5 nitrogen and oxygen atoms in total. The number of thioether (sulfide) groups is 1. The summed E-state index contributed by atoms with van der Waals surface area (Å²) in [6, 6.07) is 11.9. The van der Waals surface area contributed by atoms with E-state index >= 15 is 0 Å². The normalized spacial score (nSPS) is 23.8. The van der Waals surface area contributed by atoms with Crippen LogP contribution in [0, 0.1) is 5.82 Å². The maximum Gasteiger partial charge on any atom is 0.261 e. The molecule has 2 bridgehead atoms. The van der Waals surface area contributed by atoms with Crippen LogP contribution in [-0.4, -0.2) is 42.8 Å². The first-order valence-corrected chi connectivity index (χ1v) is 12.4. The van der Waals surface area contributed by atoms with Gasteiger partial charge in [0.1, 0.15) is 5.82 Å². The van der Waals surface area contributed by atoms with Gasteiger partial charge in [-0.2, -0.15) is 11.8 Å². The zero-order valence-electron chi connectivity index (χ0n) is 16.0. The van der Waals surface area contributed by atoms with Gasteiger partial charge < -0.3 is 4.90 Å². The Balaban J connectivity index is 1.48. The lowest BCUT2D eigenvalue weighted by atomic mass is 10.0. The first-order chi connectivity index (χ1) is 13.9. The number of piperidine rings is 1. The molecule has 0 aromatic heterocycles.